The minimum Gasteiger partial charge on any atom is -0.512 e. The Morgan fingerprint density at radius 2 is 2.05 bits per heavy atom. The third-order valence-corrected chi connectivity index (χ3v) is 3.08. The van der Waals surface area contributed by atoms with Crippen LogP contribution in [0, 0.1) is 0 Å². The van der Waals surface area contributed by atoms with Crippen molar-refractivity contribution < 1.29 is 9.84 Å². The molecule has 1 aromatic rings. The van der Waals surface area contributed by atoms with Crippen molar-refractivity contribution in [1.82, 2.24) is 0 Å². The fourth-order valence-electron chi connectivity index (χ4n) is 1.98. The van der Waals surface area contributed by atoms with Crippen LogP contribution in [0.4, 0.5) is 0 Å². The van der Waals surface area contributed by atoms with Crippen molar-refractivity contribution in [2.24, 2.45) is 5.73 Å². The molecular formula is C18H25NO2. The Balaban J connectivity index is 3.30. The second kappa shape index (κ2) is 8.32. The van der Waals surface area contributed by atoms with Gasteiger partial charge in [-0.25, -0.2) is 0 Å². The molecule has 0 fully saturated rings. The molecule has 0 aliphatic rings. The van der Waals surface area contributed by atoms with Crippen molar-refractivity contribution in [3.05, 3.63) is 65.3 Å². The maximum atomic E-state index is 10.2. The van der Waals surface area contributed by atoms with Gasteiger partial charge in [-0.3, -0.25) is 0 Å². The first-order valence-corrected chi connectivity index (χ1v) is 7.27. The van der Waals surface area contributed by atoms with E-state index in [1.807, 2.05) is 51.1 Å². The Morgan fingerprint density at radius 1 is 1.33 bits per heavy atom. The molecule has 0 bridgehead atoms. The SMILES string of the molecule is C=C(C)O/C(=C/C(=C(/O)CC)c1cccc(CN)c1)CC. The van der Waals surface area contributed by atoms with E-state index in [-0.39, 0.29) is 0 Å². The largest absolute Gasteiger partial charge is 0.512 e. The quantitative estimate of drug-likeness (QED) is 0.566. The smallest absolute Gasteiger partial charge is 0.104 e. The maximum absolute atomic E-state index is 10.2. The van der Waals surface area contributed by atoms with Gasteiger partial charge in [0.25, 0.3) is 0 Å². The summed E-state index contributed by atoms with van der Waals surface area (Å²) in [5.41, 5.74) is 8.43. The van der Waals surface area contributed by atoms with Crippen molar-refractivity contribution in [3.8, 4) is 0 Å². The van der Waals surface area contributed by atoms with E-state index >= 15 is 0 Å². The molecule has 3 heteroatoms. The van der Waals surface area contributed by atoms with Gasteiger partial charge in [0.05, 0.1) is 11.5 Å². The highest BCUT2D eigenvalue weighted by atomic mass is 16.5. The van der Waals surface area contributed by atoms with Gasteiger partial charge >= 0.3 is 0 Å². The van der Waals surface area contributed by atoms with Crippen LogP contribution in [0.3, 0.4) is 0 Å². The van der Waals surface area contributed by atoms with E-state index in [0.717, 1.165) is 28.9 Å². The summed E-state index contributed by atoms with van der Waals surface area (Å²) in [7, 11) is 0. The first-order valence-electron chi connectivity index (χ1n) is 7.27. The molecule has 1 aromatic carbocycles. The van der Waals surface area contributed by atoms with Crippen LogP contribution in [0.1, 0.15) is 44.7 Å². The van der Waals surface area contributed by atoms with Crippen LogP contribution in [0.15, 0.2) is 54.2 Å². The van der Waals surface area contributed by atoms with Gasteiger partial charge in [0.1, 0.15) is 5.76 Å². The monoisotopic (exact) mass is 287 g/mol. The number of aliphatic hydroxyl groups excluding tert-OH is 1. The Morgan fingerprint density at radius 3 is 2.57 bits per heavy atom. The van der Waals surface area contributed by atoms with E-state index in [4.69, 9.17) is 10.5 Å². The number of nitrogens with two attached hydrogens (primary N) is 1. The Hall–Kier alpha value is -2.00. The van der Waals surface area contributed by atoms with Gasteiger partial charge in [0.15, 0.2) is 0 Å². The molecule has 0 heterocycles. The summed E-state index contributed by atoms with van der Waals surface area (Å²) in [6.45, 7) is 9.96. The molecule has 0 atom stereocenters. The van der Waals surface area contributed by atoms with Crippen molar-refractivity contribution in [1.29, 1.82) is 0 Å². The minimum atomic E-state index is 0.334. The molecule has 0 amide bonds. The molecule has 0 saturated carbocycles. The minimum absolute atomic E-state index is 0.334. The molecular weight excluding hydrogens is 262 g/mol. The molecule has 1 rings (SSSR count). The fourth-order valence-corrected chi connectivity index (χ4v) is 1.98. The van der Waals surface area contributed by atoms with Gasteiger partial charge in [-0.1, -0.05) is 38.6 Å². The summed E-state index contributed by atoms with van der Waals surface area (Å²) in [6, 6.07) is 7.87. The lowest BCUT2D eigenvalue weighted by atomic mass is 10.00. The van der Waals surface area contributed by atoms with Gasteiger partial charge in [-0.2, -0.15) is 0 Å². The summed E-state index contributed by atoms with van der Waals surface area (Å²) in [5, 5.41) is 10.2. The standard InChI is InChI=1S/C18H25NO2/c1-5-16(21-13(3)4)11-17(18(20)6-2)15-9-7-8-14(10-15)12-19/h7-11,20H,3,5-6,12,19H2,1-2,4H3/b16-11+,18-17-. The number of rotatable bonds is 7. The zero-order valence-corrected chi connectivity index (χ0v) is 13.1. The molecule has 0 spiro atoms. The molecule has 0 aliphatic heterocycles. The van der Waals surface area contributed by atoms with E-state index in [2.05, 4.69) is 6.58 Å². The van der Waals surface area contributed by atoms with Crippen LogP contribution in [-0.2, 0) is 11.3 Å². The molecule has 0 aromatic heterocycles. The number of benzene rings is 1. The second-order valence-electron chi connectivity index (χ2n) is 4.89. The van der Waals surface area contributed by atoms with E-state index in [9.17, 15) is 5.11 Å². The van der Waals surface area contributed by atoms with E-state index in [1.54, 1.807) is 0 Å². The predicted molar refractivity (Wildman–Crippen MR) is 88.4 cm³/mol. The number of allylic oxidation sites excluding steroid dienone is 5. The molecule has 0 aliphatic carbocycles. The number of aliphatic hydroxyl groups is 1. The van der Waals surface area contributed by atoms with Crippen molar-refractivity contribution in [2.75, 3.05) is 0 Å². The summed E-state index contributed by atoms with van der Waals surface area (Å²) >= 11 is 0. The normalized spacial score (nSPS) is 12.9. The van der Waals surface area contributed by atoms with Crippen molar-refractivity contribution in [2.45, 2.75) is 40.2 Å². The van der Waals surface area contributed by atoms with Gasteiger partial charge in [-0.15, -0.1) is 0 Å². The Kier molecular flexibility index (Phi) is 6.76. The topological polar surface area (TPSA) is 55.5 Å². The summed E-state index contributed by atoms with van der Waals surface area (Å²) in [6.07, 6.45) is 3.16. The third kappa shape index (κ3) is 5.12. The molecule has 0 radical (unpaired) electrons. The van der Waals surface area contributed by atoms with Crippen LogP contribution in [-0.4, -0.2) is 5.11 Å². The van der Waals surface area contributed by atoms with Gasteiger partial charge < -0.3 is 15.6 Å². The first-order chi connectivity index (χ1) is 10.0. The highest BCUT2D eigenvalue weighted by Crippen LogP contribution is 2.25. The van der Waals surface area contributed by atoms with Crippen LogP contribution in [0.25, 0.3) is 5.57 Å². The predicted octanol–water partition coefficient (Wildman–Crippen LogP) is 4.67. The van der Waals surface area contributed by atoms with Gasteiger partial charge in [0, 0.05) is 25.0 Å². The summed E-state index contributed by atoms with van der Waals surface area (Å²) < 4.78 is 5.60. The molecule has 3 N–H and O–H groups in total. The third-order valence-electron chi connectivity index (χ3n) is 3.08. The lowest BCUT2D eigenvalue weighted by molar-refractivity contribution is 0.298. The molecule has 3 nitrogen and oxygen atoms in total. The highest BCUT2D eigenvalue weighted by molar-refractivity contribution is 5.76. The Bertz CT molecular complexity index is 556. The lowest BCUT2D eigenvalue weighted by Crippen LogP contribution is -1.98. The Labute approximate surface area is 127 Å². The number of ether oxygens (including phenoxy) is 1. The van der Waals surface area contributed by atoms with E-state index in [0.29, 0.717) is 24.5 Å². The van der Waals surface area contributed by atoms with Crippen LogP contribution >= 0.6 is 0 Å². The van der Waals surface area contributed by atoms with Crippen molar-refractivity contribution >= 4 is 5.57 Å². The summed E-state index contributed by atoms with van der Waals surface area (Å²) in [4.78, 5) is 0. The average Bonchev–Trinajstić information content (AvgIpc) is 2.50. The van der Waals surface area contributed by atoms with Crippen LogP contribution in [0.5, 0.6) is 0 Å². The molecule has 21 heavy (non-hydrogen) atoms. The first kappa shape index (κ1) is 17.1. The second-order valence-corrected chi connectivity index (χ2v) is 4.89. The molecule has 0 unspecified atom stereocenters. The van der Waals surface area contributed by atoms with Crippen molar-refractivity contribution in [3.63, 3.8) is 0 Å². The van der Waals surface area contributed by atoms with Crippen LogP contribution in [0.2, 0.25) is 0 Å². The highest BCUT2D eigenvalue weighted by Gasteiger charge is 2.08. The van der Waals surface area contributed by atoms with E-state index < -0.39 is 0 Å². The lowest BCUT2D eigenvalue weighted by Gasteiger charge is -2.12. The molecule has 114 valence electrons. The van der Waals surface area contributed by atoms with Gasteiger partial charge in [0.2, 0.25) is 0 Å². The fraction of sp³-hybridized carbons (Fsp3) is 0.333. The number of hydrogen-bond acceptors (Lipinski definition) is 3. The number of hydrogen-bond donors (Lipinski definition) is 2. The van der Waals surface area contributed by atoms with Gasteiger partial charge in [-0.05, 0) is 30.2 Å². The zero-order valence-electron chi connectivity index (χ0n) is 13.1. The van der Waals surface area contributed by atoms with E-state index in [1.165, 1.54) is 0 Å². The zero-order chi connectivity index (χ0) is 15.8. The molecule has 0 saturated heterocycles. The van der Waals surface area contributed by atoms with Crippen LogP contribution < -0.4 is 5.73 Å². The summed E-state index contributed by atoms with van der Waals surface area (Å²) in [5.74, 6) is 1.74. The maximum Gasteiger partial charge on any atom is 0.104 e. The average molecular weight is 287 g/mol.